The molecule has 0 N–H and O–H groups in total. The monoisotopic (exact) mass is 482 g/mol. The van der Waals surface area contributed by atoms with E-state index in [1.165, 1.54) is 6.42 Å². The molecule has 0 amide bonds. The molecule has 0 bridgehead atoms. The molecule has 2 aromatic heterocycles. The van der Waals surface area contributed by atoms with Gasteiger partial charge in [0, 0.05) is 30.9 Å². The van der Waals surface area contributed by atoms with Crippen molar-refractivity contribution in [2.24, 2.45) is 7.05 Å². The Morgan fingerprint density at radius 3 is 2.64 bits per heavy atom. The van der Waals surface area contributed by atoms with Gasteiger partial charge in [-0.05, 0) is 74.9 Å². The Morgan fingerprint density at radius 1 is 1.17 bits per heavy atom. The van der Waals surface area contributed by atoms with Crippen LogP contribution in [0.1, 0.15) is 56.0 Å². The molecular formula is C29H30N4O3. The highest BCUT2D eigenvalue weighted by Crippen LogP contribution is 2.40. The maximum Gasteiger partial charge on any atom is 0.270 e. The normalized spacial score (nSPS) is 17.8. The SMILES string of the molecule is Cc1ccc2oc(C3(C)CCN(c4c(C#N)c(=O)n(C)c5ccc(OC6CCC6)cc45)CC3)nc2c1. The minimum Gasteiger partial charge on any atom is -0.490 e. The van der Waals surface area contributed by atoms with E-state index in [1.54, 1.807) is 11.6 Å². The fourth-order valence-electron chi connectivity index (χ4n) is 5.43. The lowest BCUT2D eigenvalue weighted by atomic mass is 9.80. The second-order valence-electron chi connectivity index (χ2n) is 10.6. The van der Waals surface area contributed by atoms with Crippen molar-refractivity contribution in [3.05, 3.63) is 63.8 Å². The van der Waals surface area contributed by atoms with Gasteiger partial charge < -0.3 is 18.6 Å². The lowest BCUT2D eigenvalue weighted by molar-refractivity contribution is 0.120. The molecule has 4 aromatic rings. The molecule has 0 spiro atoms. The van der Waals surface area contributed by atoms with Gasteiger partial charge in [0.15, 0.2) is 5.58 Å². The third-order valence-electron chi connectivity index (χ3n) is 8.05. The first-order valence-electron chi connectivity index (χ1n) is 12.7. The molecule has 1 saturated heterocycles. The number of fused-ring (bicyclic) bond motifs is 2. The van der Waals surface area contributed by atoms with Gasteiger partial charge in [0.25, 0.3) is 5.56 Å². The van der Waals surface area contributed by atoms with Crippen LogP contribution < -0.4 is 15.2 Å². The van der Waals surface area contributed by atoms with Gasteiger partial charge in [-0.2, -0.15) is 5.26 Å². The van der Waals surface area contributed by atoms with E-state index in [9.17, 15) is 10.1 Å². The smallest absolute Gasteiger partial charge is 0.270 e. The predicted molar refractivity (Wildman–Crippen MR) is 140 cm³/mol. The number of nitriles is 1. The van der Waals surface area contributed by atoms with Crippen LogP contribution in [0.5, 0.6) is 5.75 Å². The highest BCUT2D eigenvalue weighted by Gasteiger charge is 2.37. The summed E-state index contributed by atoms with van der Waals surface area (Å²) < 4.78 is 13.9. The summed E-state index contributed by atoms with van der Waals surface area (Å²) >= 11 is 0. The van der Waals surface area contributed by atoms with Gasteiger partial charge >= 0.3 is 0 Å². The van der Waals surface area contributed by atoms with E-state index in [0.717, 1.165) is 64.9 Å². The van der Waals surface area contributed by atoms with Gasteiger partial charge in [-0.3, -0.25) is 4.79 Å². The van der Waals surface area contributed by atoms with E-state index in [2.05, 4.69) is 30.9 Å². The summed E-state index contributed by atoms with van der Waals surface area (Å²) in [6.45, 7) is 5.63. The Labute approximate surface area is 209 Å². The quantitative estimate of drug-likeness (QED) is 0.390. The minimum absolute atomic E-state index is 0.187. The van der Waals surface area contributed by atoms with Crippen molar-refractivity contribution in [1.82, 2.24) is 9.55 Å². The van der Waals surface area contributed by atoms with Gasteiger partial charge in [-0.1, -0.05) is 13.0 Å². The standard InChI is InChI=1S/C29H30N4O3/c1-18-7-10-25-23(15-18)31-28(36-25)29(2)11-13-33(14-12-29)26-21-16-20(35-19-5-4-6-19)8-9-24(21)32(3)27(34)22(26)17-30/h7-10,15-16,19H,4-6,11-14H2,1-3H3. The summed E-state index contributed by atoms with van der Waals surface area (Å²) in [5.74, 6) is 1.55. The number of rotatable bonds is 4. The predicted octanol–water partition coefficient (Wildman–Crippen LogP) is 5.35. The van der Waals surface area contributed by atoms with Crippen LogP contribution in [-0.2, 0) is 12.5 Å². The van der Waals surface area contributed by atoms with E-state index in [4.69, 9.17) is 14.1 Å². The summed E-state index contributed by atoms with van der Waals surface area (Å²) in [6.07, 6.45) is 5.20. The van der Waals surface area contributed by atoms with Crippen LogP contribution in [0.2, 0.25) is 0 Å². The van der Waals surface area contributed by atoms with E-state index in [0.29, 0.717) is 18.8 Å². The fraction of sp³-hybridized carbons (Fsp3) is 0.414. The number of aromatic nitrogens is 2. The second kappa shape index (κ2) is 8.41. The topological polar surface area (TPSA) is 84.3 Å². The van der Waals surface area contributed by atoms with Crippen molar-refractivity contribution in [3.63, 3.8) is 0 Å². The third kappa shape index (κ3) is 3.63. The molecule has 2 fully saturated rings. The maximum atomic E-state index is 13.1. The summed E-state index contributed by atoms with van der Waals surface area (Å²) in [4.78, 5) is 20.1. The molecule has 6 rings (SSSR count). The number of nitrogens with zero attached hydrogens (tertiary/aromatic N) is 4. The van der Waals surface area contributed by atoms with Crippen LogP contribution in [0.25, 0.3) is 22.0 Å². The Morgan fingerprint density at radius 2 is 1.94 bits per heavy atom. The first-order valence-corrected chi connectivity index (χ1v) is 12.7. The highest BCUT2D eigenvalue weighted by atomic mass is 16.5. The molecule has 0 unspecified atom stereocenters. The maximum absolute atomic E-state index is 13.1. The van der Waals surface area contributed by atoms with Crippen LogP contribution >= 0.6 is 0 Å². The largest absolute Gasteiger partial charge is 0.490 e. The number of oxazole rings is 1. The van der Waals surface area contributed by atoms with E-state index >= 15 is 0 Å². The van der Waals surface area contributed by atoms with Gasteiger partial charge in [0.2, 0.25) is 5.89 Å². The molecule has 36 heavy (non-hydrogen) atoms. The molecule has 1 aliphatic heterocycles. The third-order valence-corrected chi connectivity index (χ3v) is 8.05. The van der Waals surface area contributed by atoms with E-state index in [-0.39, 0.29) is 22.6 Å². The molecule has 1 saturated carbocycles. The van der Waals surface area contributed by atoms with Crippen LogP contribution in [0.15, 0.2) is 45.6 Å². The first kappa shape index (κ1) is 22.7. The molecule has 2 aromatic carbocycles. The van der Waals surface area contributed by atoms with Gasteiger partial charge in [0.05, 0.1) is 17.3 Å². The van der Waals surface area contributed by atoms with Gasteiger partial charge in [0.1, 0.15) is 22.9 Å². The average molecular weight is 483 g/mol. The summed E-state index contributed by atoms with van der Waals surface area (Å²) in [5.41, 5.74) is 4.07. The summed E-state index contributed by atoms with van der Waals surface area (Å²) in [5, 5.41) is 10.9. The number of anilines is 1. The van der Waals surface area contributed by atoms with Crippen LogP contribution in [0.3, 0.4) is 0 Å². The zero-order chi connectivity index (χ0) is 25.0. The lowest BCUT2D eigenvalue weighted by Crippen LogP contribution is -2.42. The number of hydrogen-bond donors (Lipinski definition) is 0. The fourth-order valence-corrected chi connectivity index (χ4v) is 5.43. The Bertz CT molecular complexity index is 1580. The number of hydrogen-bond acceptors (Lipinski definition) is 6. The Balaban J connectivity index is 1.36. The number of aryl methyl sites for hydroxylation is 2. The van der Waals surface area contributed by atoms with E-state index < -0.39 is 0 Å². The van der Waals surface area contributed by atoms with Crippen molar-refractivity contribution >= 4 is 27.7 Å². The van der Waals surface area contributed by atoms with Gasteiger partial charge in [-0.15, -0.1) is 0 Å². The Hall–Kier alpha value is -3.79. The summed E-state index contributed by atoms with van der Waals surface area (Å²) in [6, 6.07) is 14.1. The van der Waals surface area contributed by atoms with Crippen molar-refractivity contribution < 1.29 is 9.15 Å². The molecule has 7 nitrogen and oxygen atoms in total. The van der Waals surface area contributed by atoms with Crippen LogP contribution in [-0.4, -0.2) is 28.7 Å². The second-order valence-corrected chi connectivity index (χ2v) is 10.6. The molecule has 184 valence electrons. The zero-order valence-corrected chi connectivity index (χ0v) is 21.0. The first-order chi connectivity index (χ1) is 17.4. The minimum atomic E-state index is -0.268. The van der Waals surface area contributed by atoms with Crippen molar-refractivity contribution in [3.8, 4) is 11.8 Å². The molecule has 2 aliphatic rings. The molecular weight excluding hydrogens is 452 g/mol. The van der Waals surface area contributed by atoms with Crippen molar-refractivity contribution in [2.75, 3.05) is 18.0 Å². The number of piperidine rings is 1. The van der Waals surface area contributed by atoms with Gasteiger partial charge in [-0.25, -0.2) is 4.98 Å². The molecule has 7 heteroatoms. The molecule has 3 heterocycles. The Kier molecular flexibility index (Phi) is 5.29. The van der Waals surface area contributed by atoms with Crippen LogP contribution in [0, 0.1) is 18.3 Å². The lowest BCUT2D eigenvalue weighted by Gasteiger charge is -2.39. The molecule has 1 aliphatic carbocycles. The zero-order valence-electron chi connectivity index (χ0n) is 21.0. The molecule has 0 radical (unpaired) electrons. The van der Waals surface area contributed by atoms with Crippen molar-refractivity contribution in [1.29, 1.82) is 5.26 Å². The van der Waals surface area contributed by atoms with Crippen molar-refractivity contribution in [2.45, 2.75) is 57.5 Å². The van der Waals surface area contributed by atoms with Crippen LogP contribution in [0.4, 0.5) is 5.69 Å². The number of benzene rings is 2. The van der Waals surface area contributed by atoms with E-state index in [1.807, 2.05) is 30.3 Å². The average Bonchev–Trinajstić information content (AvgIpc) is 3.28. The summed E-state index contributed by atoms with van der Waals surface area (Å²) in [7, 11) is 1.73. The molecule has 0 atom stereocenters. The highest BCUT2D eigenvalue weighted by molar-refractivity contribution is 5.96. The number of ether oxygens (including phenoxy) is 1. The number of pyridine rings is 1.